The van der Waals surface area contributed by atoms with Crippen molar-refractivity contribution in [3.8, 4) is 11.6 Å². The molecule has 35 heavy (non-hydrogen) atoms. The molecule has 1 unspecified atom stereocenters. The number of aromatic nitrogens is 1. The maximum Gasteiger partial charge on any atom is 0.259 e. The predicted molar refractivity (Wildman–Crippen MR) is 128 cm³/mol. The van der Waals surface area contributed by atoms with E-state index >= 15 is 0 Å². The van der Waals surface area contributed by atoms with Gasteiger partial charge < -0.3 is 20.1 Å². The highest BCUT2D eigenvalue weighted by Crippen LogP contribution is 2.45. The van der Waals surface area contributed by atoms with Gasteiger partial charge >= 0.3 is 0 Å². The van der Waals surface area contributed by atoms with E-state index in [1.54, 1.807) is 19.4 Å². The Morgan fingerprint density at radius 2 is 2.09 bits per heavy atom. The Morgan fingerprint density at radius 3 is 2.77 bits per heavy atom. The minimum atomic E-state index is -3.72. The Bertz CT molecular complexity index is 1290. The van der Waals surface area contributed by atoms with Gasteiger partial charge in [0.25, 0.3) is 5.91 Å². The molecule has 1 aromatic heterocycles. The maximum absolute atomic E-state index is 13.0. The lowest BCUT2D eigenvalue weighted by Crippen LogP contribution is -2.55. The smallest absolute Gasteiger partial charge is 0.259 e. The number of pyridine rings is 1. The molecule has 0 spiro atoms. The highest BCUT2D eigenvalue weighted by molar-refractivity contribution is 7.91. The Morgan fingerprint density at radius 1 is 1.29 bits per heavy atom. The Kier molecular flexibility index (Phi) is 5.92. The summed E-state index contributed by atoms with van der Waals surface area (Å²) in [5.74, 6) is -0.215. The van der Waals surface area contributed by atoms with Gasteiger partial charge in [-0.3, -0.25) is 14.3 Å². The first-order valence-electron chi connectivity index (χ1n) is 11.6. The highest BCUT2D eigenvalue weighted by atomic mass is 32.2. The first kappa shape index (κ1) is 23.6. The van der Waals surface area contributed by atoms with E-state index in [2.05, 4.69) is 26.9 Å². The number of nitrogens with one attached hydrogen (secondary N) is 3. The van der Waals surface area contributed by atoms with Crippen LogP contribution in [-0.2, 0) is 19.6 Å². The van der Waals surface area contributed by atoms with Crippen LogP contribution in [0, 0.1) is 5.92 Å². The van der Waals surface area contributed by atoms with Gasteiger partial charge in [-0.05, 0) is 48.9 Å². The number of amides is 2. The number of methoxy groups -OCH3 is 1. The summed E-state index contributed by atoms with van der Waals surface area (Å²) < 4.78 is 38.0. The van der Waals surface area contributed by atoms with Crippen molar-refractivity contribution in [1.29, 1.82) is 0 Å². The summed E-state index contributed by atoms with van der Waals surface area (Å²) in [5.41, 5.74) is -1.29. The summed E-state index contributed by atoms with van der Waals surface area (Å²) in [7, 11) is -2.11. The molecule has 4 atom stereocenters. The van der Waals surface area contributed by atoms with Crippen molar-refractivity contribution in [2.24, 2.45) is 5.92 Å². The van der Waals surface area contributed by atoms with Crippen LogP contribution in [-0.4, -0.2) is 61.8 Å². The number of fused-ring (bicyclic) bond motifs is 1. The molecule has 1 aliphatic heterocycles. The zero-order valence-corrected chi connectivity index (χ0v) is 20.1. The molecule has 1 saturated heterocycles. The Balaban J connectivity index is 1.23. The van der Waals surface area contributed by atoms with Crippen LogP contribution in [0.2, 0.25) is 0 Å². The SMILES string of the molecule is C=C[C@@H]1C[C@]1(NC(=O)[C@@H]1CC(Oc2nccc3cc(OC)ccc23)CN1)C(=O)NS(=O)(=O)C1CC1. The number of carbonyl (C=O) groups is 2. The monoisotopic (exact) mass is 500 g/mol. The number of rotatable bonds is 9. The van der Waals surface area contributed by atoms with Crippen LogP contribution in [0.4, 0.5) is 0 Å². The second-order valence-electron chi connectivity index (χ2n) is 9.32. The fraction of sp³-hybridized carbons (Fsp3) is 0.458. The molecular formula is C24H28N4O6S. The molecule has 2 aromatic rings. The number of benzene rings is 1. The van der Waals surface area contributed by atoms with E-state index < -0.39 is 32.8 Å². The number of carbonyl (C=O) groups excluding carboxylic acids is 2. The minimum absolute atomic E-state index is 0.305. The van der Waals surface area contributed by atoms with Crippen molar-refractivity contribution >= 4 is 32.6 Å². The molecule has 3 aliphatic rings. The molecule has 10 nitrogen and oxygen atoms in total. The molecule has 3 fully saturated rings. The quantitative estimate of drug-likeness (QED) is 0.435. The van der Waals surface area contributed by atoms with Gasteiger partial charge in [0.15, 0.2) is 0 Å². The molecule has 5 rings (SSSR count). The van der Waals surface area contributed by atoms with E-state index in [-0.39, 0.29) is 17.9 Å². The van der Waals surface area contributed by atoms with Crippen molar-refractivity contribution in [2.75, 3.05) is 13.7 Å². The average Bonchev–Trinajstić information content (AvgIpc) is 3.76. The third kappa shape index (κ3) is 4.57. The van der Waals surface area contributed by atoms with Gasteiger partial charge in [-0.1, -0.05) is 6.08 Å². The second-order valence-corrected chi connectivity index (χ2v) is 11.3. The summed E-state index contributed by atoms with van der Waals surface area (Å²) in [6, 6.07) is 6.88. The molecule has 1 aromatic carbocycles. The second kappa shape index (κ2) is 8.80. The third-order valence-electron chi connectivity index (χ3n) is 6.87. The summed E-state index contributed by atoms with van der Waals surface area (Å²) >= 11 is 0. The van der Waals surface area contributed by atoms with Crippen molar-refractivity contribution in [2.45, 2.75) is 48.6 Å². The summed E-state index contributed by atoms with van der Waals surface area (Å²) in [6.07, 6.45) is 4.68. The average molecular weight is 501 g/mol. The van der Waals surface area contributed by atoms with E-state index in [0.29, 0.717) is 38.1 Å². The van der Waals surface area contributed by atoms with E-state index in [0.717, 1.165) is 16.5 Å². The van der Waals surface area contributed by atoms with E-state index in [1.165, 1.54) is 0 Å². The van der Waals surface area contributed by atoms with Crippen LogP contribution in [0.15, 0.2) is 43.1 Å². The molecule has 2 heterocycles. The first-order chi connectivity index (χ1) is 16.8. The zero-order valence-electron chi connectivity index (χ0n) is 19.3. The van der Waals surface area contributed by atoms with E-state index in [1.807, 2.05) is 24.3 Å². The minimum Gasteiger partial charge on any atom is -0.497 e. The fourth-order valence-corrected chi connectivity index (χ4v) is 5.89. The van der Waals surface area contributed by atoms with Crippen molar-refractivity contribution < 1.29 is 27.5 Å². The van der Waals surface area contributed by atoms with Crippen LogP contribution >= 0.6 is 0 Å². The van der Waals surface area contributed by atoms with Crippen molar-refractivity contribution in [3.63, 3.8) is 0 Å². The first-order valence-corrected chi connectivity index (χ1v) is 13.1. The summed E-state index contributed by atoms with van der Waals surface area (Å²) in [6.45, 7) is 4.14. The number of hydrogen-bond acceptors (Lipinski definition) is 8. The fourth-order valence-electron chi connectivity index (χ4n) is 4.52. The zero-order chi connectivity index (χ0) is 24.8. The Labute approximate surface area is 203 Å². The molecule has 3 N–H and O–H groups in total. The highest BCUT2D eigenvalue weighted by Gasteiger charge is 2.61. The van der Waals surface area contributed by atoms with Gasteiger partial charge in [0.2, 0.25) is 21.8 Å². The summed E-state index contributed by atoms with van der Waals surface area (Å²) in [5, 5.41) is 7.14. The lowest BCUT2D eigenvalue weighted by molar-refractivity contribution is -0.130. The third-order valence-corrected chi connectivity index (χ3v) is 8.69. The normalized spacial score (nSPS) is 27.7. The molecule has 2 amide bonds. The van der Waals surface area contributed by atoms with Gasteiger partial charge in [-0.15, -0.1) is 6.58 Å². The molecule has 0 bridgehead atoms. The molecule has 0 radical (unpaired) electrons. The van der Waals surface area contributed by atoms with Crippen LogP contribution in [0.25, 0.3) is 10.8 Å². The lowest BCUT2D eigenvalue weighted by atomic mass is 10.1. The van der Waals surface area contributed by atoms with Crippen LogP contribution in [0.1, 0.15) is 25.7 Å². The van der Waals surface area contributed by atoms with Crippen LogP contribution in [0.3, 0.4) is 0 Å². The van der Waals surface area contributed by atoms with Gasteiger partial charge in [0.05, 0.1) is 18.4 Å². The standard InChI is InChI=1S/C24H28N4O6S/c1-3-15-12-24(15,23(30)28-35(31,32)18-5-6-18)27-21(29)20-11-17(13-26-20)34-22-19-7-4-16(33-2)10-14(19)8-9-25-22/h3-4,7-10,15,17-18,20,26H,1,5-6,11-13H2,2H3,(H,27,29)(H,28,30)/t15-,17?,20+,24-/m1/s1. The van der Waals surface area contributed by atoms with Gasteiger partial charge in [-0.25, -0.2) is 13.4 Å². The van der Waals surface area contributed by atoms with Gasteiger partial charge in [-0.2, -0.15) is 0 Å². The molecule has 186 valence electrons. The van der Waals surface area contributed by atoms with Crippen LogP contribution < -0.4 is 24.8 Å². The van der Waals surface area contributed by atoms with E-state index in [4.69, 9.17) is 9.47 Å². The molecular weight excluding hydrogens is 472 g/mol. The predicted octanol–water partition coefficient (Wildman–Crippen LogP) is 1.02. The topological polar surface area (TPSA) is 136 Å². The van der Waals surface area contributed by atoms with E-state index in [9.17, 15) is 18.0 Å². The maximum atomic E-state index is 13.0. The molecule has 2 aliphatic carbocycles. The van der Waals surface area contributed by atoms with Crippen molar-refractivity contribution in [3.05, 3.63) is 43.1 Å². The van der Waals surface area contributed by atoms with Crippen molar-refractivity contribution in [1.82, 2.24) is 20.3 Å². The number of sulfonamides is 1. The number of ether oxygens (including phenoxy) is 2. The number of nitrogens with zero attached hydrogens (tertiary/aromatic N) is 1. The lowest BCUT2D eigenvalue weighted by Gasteiger charge is -2.21. The van der Waals surface area contributed by atoms with Gasteiger partial charge in [0.1, 0.15) is 17.4 Å². The molecule has 11 heteroatoms. The summed E-state index contributed by atoms with van der Waals surface area (Å²) in [4.78, 5) is 30.2. The Hall–Kier alpha value is -3.18. The van der Waals surface area contributed by atoms with Gasteiger partial charge in [0, 0.05) is 30.5 Å². The molecule has 2 saturated carbocycles. The largest absolute Gasteiger partial charge is 0.497 e. The van der Waals surface area contributed by atoms with Crippen LogP contribution in [0.5, 0.6) is 11.6 Å². The number of hydrogen-bond donors (Lipinski definition) is 3.